The second-order valence-corrected chi connectivity index (χ2v) is 6.25. The van der Waals surface area contributed by atoms with E-state index in [0.717, 1.165) is 28.4 Å². The van der Waals surface area contributed by atoms with Gasteiger partial charge in [0.1, 0.15) is 10.8 Å². The van der Waals surface area contributed by atoms with Crippen LogP contribution < -0.4 is 15.8 Å². The second-order valence-electron chi connectivity index (χ2n) is 5.39. The van der Waals surface area contributed by atoms with E-state index in [0.29, 0.717) is 19.6 Å². The molecule has 0 radical (unpaired) electrons. The smallest absolute Gasteiger partial charge is 0.226 e. The maximum absolute atomic E-state index is 11.9. The van der Waals surface area contributed by atoms with Crippen molar-refractivity contribution in [3.05, 3.63) is 35.3 Å². The van der Waals surface area contributed by atoms with Gasteiger partial charge in [-0.2, -0.15) is 0 Å². The molecular formula is C17H25Cl2N3O2S. The third-order valence-corrected chi connectivity index (χ3v) is 4.17. The van der Waals surface area contributed by atoms with Gasteiger partial charge in [0.15, 0.2) is 0 Å². The number of amides is 1. The standard InChI is InChI=1S/C17H23N3O2S.2ClH/c1-3-22-15-6-4-13(5-7-15)17-20-14(11-23-17)10-16(21)19-9-8-12(2)18;;/h4-7,11-12H,3,8-10,18H2,1-2H3,(H,19,21);2*1H. The van der Waals surface area contributed by atoms with Crippen molar-refractivity contribution in [2.45, 2.75) is 32.7 Å². The van der Waals surface area contributed by atoms with Crippen molar-refractivity contribution in [2.24, 2.45) is 5.73 Å². The van der Waals surface area contributed by atoms with E-state index in [2.05, 4.69) is 10.3 Å². The quantitative estimate of drug-likeness (QED) is 0.704. The van der Waals surface area contributed by atoms with Crippen LogP contribution in [-0.2, 0) is 11.2 Å². The Bertz CT molecular complexity index is 633. The molecule has 1 atom stereocenters. The van der Waals surface area contributed by atoms with Gasteiger partial charge in [0.25, 0.3) is 0 Å². The average Bonchev–Trinajstić information content (AvgIpc) is 2.96. The highest BCUT2D eigenvalue weighted by atomic mass is 35.5. The van der Waals surface area contributed by atoms with E-state index in [-0.39, 0.29) is 36.8 Å². The van der Waals surface area contributed by atoms with Gasteiger partial charge < -0.3 is 15.8 Å². The van der Waals surface area contributed by atoms with Crippen molar-refractivity contribution >= 4 is 42.1 Å². The van der Waals surface area contributed by atoms with E-state index in [1.54, 1.807) is 11.3 Å². The number of nitrogens with two attached hydrogens (primary N) is 1. The molecule has 8 heteroatoms. The lowest BCUT2D eigenvalue weighted by Gasteiger charge is -2.06. The number of carbonyl (C=O) groups excluding carboxylic acids is 1. The summed E-state index contributed by atoms with van der Waals surface area (Å²) < 4.78 is 5.43. The number of hydrogen-bond donors (Lipinski definition) is 2. The SMILES string of the molecule is CCOc1ccc(-c2nc(CC(=O)NCCC(C)N)cs2)cc1.Cl.Cl. The minimum absolute atomic E-state index is 0. The topological polar surface area (TPSA) is 77.2 Å². The van der Waals surface area contributed by atoms with Gasteiger partial charge in [-0.25, -0.2) is 4.98 Å². The zero-order chi connectivity index (χ0) is 16.7. The summed E-state index contributed by atoms with van der Waals surface area (Å²) in [6.07, 6.45) is 1.08. The first kappa shape index (κ1) is 23.7. The maximum atomic E-state index is 11.9. The highest BCUT2D eigenvalue weighted by Gasteiger charge is 2.09. The number of carbonyl (C=O) groups is 1. The Morgan fingerprint density at radius 1 is 1.32 bits per heavy atom. The van der Waals surface area contributed by atoms with Gasteiger partial charge in [-0.05, 0) is 44.5 Å². The van der Waals surface area contributed by atoms with Crippen LogP contribution in [0.3, 0.4) is 0 Å². The van der Waals surface area contributed by atoms with E-state index in [1.807, 2.05) is 43.5 Å². The van der Waals surface area contributed by atoms with Crippen LogP contribution in [0.2, 0.25) is 0 Å². The molecule has 5 nitrogen and oxygen atoms in total. The summed E-state index contributed by atoms with van der Waals surface area (Å²) in [4.78, 5) is 16.4. The Kier molecular flexibility index (Phi) is 11.4. The number of halogens is 2. The Balaban J connectivity index is 0.00000288. The number of benzene rings is 1. The van der Waals surface area contributed by atoms with Gasteiger partial charge >= 0.3 is 0 Å². The summed E-state index contributed by atoms with van der Waals surface area (Å²) >= 11 is 1.54. The highest BCUT2D eigenvalue weighted by Crippen LogP contribution is 2.25. The van der Waals surface area contributed by atoms with Crippen LogP contribution in [0.1, 0.15) is 26.0 Å². The van der Waals surface area contributed by atoms with Crippen LogP contribution in [0.15, 0.2) is 29.6 Å². The fourth-order valence-corrected chi connectivity index (χ4v) is 2.87. The Labute approximate surface area is 165 Å². The molecule has 0 fully saturated rings. The molecule has 1 aromatic heterocycles. The lowest BCUT2D eigenvalue weighted by molar-refractivity contribution is -0.120. The van der Waals surface area contributed by atoms with E-state index in [9.17, 15) is 4.79 Å². The predicted molar refractivity (Wildman–Crippen MR) is 108 cm³/mol. The first-order chi connectivity index (χ1) is 11.1. The molecule has 0 aliphatic carbocycles. The van der Waals surface area contributed by atoms with Crippen LogP contribution in [0.5, 0.6) is 5.75 Å². The summed E-state index contributed by atoms with van der Waals surface area (Å²) in [7, 11) is 0. The number of thiazole rings is 1. The molecule has 1 aromatic carbocycles. The van der Waals surface area contributed by atoms with Gasteiger partial charge in [-0.15, -0.1) is 36.2 Å². The van der Waals surface area contributed by atoms with Gasteiger partial charge in [-0.1, -0.05) is 0 Å². The molecule has 0 aliphatic rings. The van der Waals surface area contributed by atoms with E-state index < -0.39 is 0 Å². The molecule has 0 saturated heterocycles. The van der Waals surface area contributed by atoms with Crippen LogP contribution >= 0.6 is 36.2 Å². The van der Waals surface area contributed by atoms with Gasteiger partial charge in [0, 0.05) is 23.5 Å². The molecule has 1 heterocycles. The molecular weight excluding hydrogens is 381 g/mol. The number of ether oxygens (including phenoxy) is 1. The van der Waals surface area contributed by atoms with Crippen molar-refractivity contribution in [3.63, 3.8) is 0 Å². The van der Waals surface area contributed by atoms with Crippen molar-refractivity contribution in [3.8, 4) is 16.3 Å². The van der Waals surface area contributed by atoms with Crippen LogP contribution in [0.4, 0.5) is 0 Å². The lowest BCUT2D eigenvalue weighted by Crippen LogP contribution is -2.30. The van der Waals surface area contributed by atoms with Crippen molar-refractivity contribution in [1.29, 1.82) is 0 Å². The summed E-state index contributed by atoms with van der Waals surface area (Å²) in [5, 5.41) is 5.70. The van der Waals surface area contributed by atoms with Crippen molar-refractivity contribution in [2.75, 3.05) is 13.2 Å². The first-order valence-electron chi connectivity index (χ1n) is 7.78. The molecule has 0 spiro atoms. The normalized spacial score (nSPS) is 11.0. The maximum Gasteiger partial charge on any atom is 0.226 e. The van der Waals surface area contributed by atoms with Crippen molar-refractivity contribution < 1.29 is 9.53 Å². The van der Waals surface area contributed by atoms with E-state index >= 15 is 0 Å². The largest absolute Gasteiger partial charge is 0.494 e. The highest BCUT2D eigenvalue weighted by molar-refractivity contribution is 7.13. The molecule has 25 heavy (non-hydrogen) atoms. The number of nitrogens with one attached hydrogen (secondary N) is 1. The number of aromatic nitrogens is 1. The third-order valence-electron chi connectivity index (χ3n) is 3.23. The van der Waals surface area contributed by atoms with Crippen molar-refractivity contribution in [1.82, 2.24) is 10.3 Å². The molecule has 0 saturated carbocycles. The molecule has 1 unspecified atom stereocenters. The molecule has 2 aromatic rings. The molecule has 140 valence electrons. The average molecular weight is 406 g/mol. The van der Waals surface area contributed by atoms with Gasteiger partial charge in [0.2, 0.25) is 5.91 Å². The van der Waals surface area contributed by atoms with Crippen LogP contribution in [0.25, 0.3) is 10.6 Å². The molecule has 0 aliphatic heterocycles. The summed E-state index contributed by atoms with van der Waals surface area (Å²) in [6, 6.07) is 7.93. The lowest BCUT2D eigenvalue weighted by atomic mass is 10.2. The molecule has 3 N–H and O–H groups in total. The van der Waals surface area contributed by atoms with E-state index in [4.69, 9.17) is 10.5 Å². The van der Waals surface area contributed by atoms with Gasteiger partial charge in [0.05, 0.1) is 18.7 Å². The fourth-order valence-electron chi connectivity index (χ4n) is 2.05. The Morgan fingerprint density at radius 3 is 2.60 bits per heavy atom. The van der Waals surface area contributed by atoms with Crippen LogP contribution in [-0.4, -0.2) is 30.1 Å². The summed E-state index contributed by atoms with van der Waals surface area (Å²) in [5.74, 6) is 0.829. The molecule has 2 rings (SSSR count). The number of rotatable bonds is 8. The minimum atomic E-state index is -0.0193. The number of hydrogen-bond acceptors (Lipinski definition) is 5. The molecule has 1 amide bonds. The second kappa shape index (κ2) is 12.1. The Hall–Kier alpha value is -1.34. The molecule has 0 bridgehead atoms. The zero-order valence-electron chi connectivity index (χ0n) is 14.4. The Morgan fingerprint density at radius 2 is 2.00 bits per heavy atom. The van der Waals surface area contributed by atoms with E-state index in [1.165, 1.54) is 0 Å². The monoisotopic (exact) mass is 405 g/mol. The summed E-state index contributed by atoms with van der Waals surface area (Å²) in [6.45, 7) is 5.14. The fraction of sp³-hybridized carbons (Fsp3) is 0.412. The first-order valence-corrected chi connectivity index (χ1v) is 8.66. The third kappa shape index (κ3) is 8.05. The minimum Gasteiger partial charge on any atom is -0.494 e. The predicted octanol–water partition coefficient (Wildman–Crippen LogP) is 3.45. The van der Waals surface area contributed by atoms with Gasteiger partial charge in [-0.3, -0.25) is 4.79 Å². The summed E-state index contributed by atoms with van der Waals surface area (Å²) in [5.41, 5.74) is 7.48. The zero-order valence-corrected chi connectivity index (χ0v) is 16.8. The number of nitrogens with zero attached hydrogens (tertiary/aromatic N) is 1. The van der Waals surface area contributed by atoms with Crippen LogP contribution in [0, 0.1) is 0 Å².